The third-order valence-electron chi connectivity index (χ3n) is 3.77. The van der Waals surface area contributed by atoms with Crippen molar-refractivity contribution < 1.29 is 14.0 Å². The lowest BCUT2D eigenvalue weighted by Gasteiger charge is -2.25. The van der Waals surface area contributed by atoms with Crippen molar-refractivity contribution in [2.75, 3.05) is 27.2 Å². The van der Waals surface area contributed by atoms with Gasteiger partial charge in [0.05, 0.1) is 24.4 Å². The van der Waals surface area contributed by atoms with Gasteiger partial charge in [-0.15, -0.1) is 0 Å². The molecule has 128 valence electrons. The van der Waals surface area contributed by atoms with E-state index in [1.807, 2.05) is 21.0 Å². The van der Waals surface area contributed by atoms with Crippen LogP contribution in [-0.4, -0.2) is 43.9 Å². The van der Waals surface area contributed by atoms with Crippen molar-refractivity contribution in [3.8, 4) is 0 Å². The lowest BCUT2D eigenvalue weighted by Crippen LogP contribution is -2.40. The van der Waals surface area contributed by atoms with Gasteiger partial charge in [0.25, 0.3) is 5.91 Å². The van der Waals surface area contributed by atoms with E-state index in [-0.39, 0.29) is 24.4 Å². The summed E-state index contributed by atoms with van der Waals surface area (Å²) in [6.07, 6.45) is 2.75. The molecule has 0 fully saturated rings. The average Bonchev–Trinajstić information content (AvgIpc) is 3.08. The van der Waals surface area contributed by atoms with Crippen LogP contribution in [0.4, 0.5) is 0 Å². The molecule has 0 saturated heterocycles. The smallest absolute Gasteiger partial charge is 0.254 e. The van der Waals surface area contributed by atoms with E-state index >= 15 is 0 Å². The normalized spacial score (nSPS) is 12.0. The summed E-state index contributed by atoms with van der Waals surface area (Å²) in [6.45, 7) is 2.44. The Labute approximate surface area is 141 Å². The maximum atomic E-state index is 12.0. The standard InChI is InChI=1S/C18H23N3O3/c1-13-4-6-14(7-5-13)16(21(2)3)10-19-17(22)11-20-18(23)15-8-9-24-12-15/h4-9,12,16H,10-11H2,1-3H3,(H,19,22)(H,20,23)/t16-/m1/s1. The molecular formula is C18H23N3O3. The molecular weight excluding hydrogens is 306 g/mol. The van der Waals surface area contributed by atoms with Crippen LogP contribution in [0.25, 0.3) is 0 Å². The fraction of sp³-hybridized carbons (Fsp3) is 0.333. The van der Waals surface area contributed by atoms with Crippen LogP contribution in [0.2, 0.25) is 0 Å². The van der Waals surface area contributed by atoms with E-state index in [9.17, 15) is 9.59 Å². The van der Waals surface area contributed by atoms with Crippen LogP contribution in [0.1, 0.15) is 27.5 Å². The fourth-order valence-electron chi connectivity index (χ4n) is 2.32. The van der Waals surface area contributed by atoms with E-state index in [0.717, 1.165) is 5.56 Å². The molecule has 2 rings (SSSR count). The first-order valence-electron chi connectivity index (χ1n) is 7.77. The number of carbonyl (C=O) groups excluding carboxylic acids is 2. The van der Waals surface area contributed by atoms with Gasteiger partial charge >= 0.3 is 0 Å². The topological polar surface area (TPSA) is 74.6 Å². The van der Waals surface area contributed by atoms with Crippen molar-refractivity contribution in [2.45, 2.75) is 13.0 Å². The van der Waals surface area contributed by atoms with E-state index in [4.69, 9.17) is 4.42 Å². The number of hydrogen-bond donors (Lipinski definition) is 2. The maximum Gasteiger partial charge on any atom is 0.254 e. The van der Waals surface area contributed by atoms with Gasteiger partial charge in [-0.2, -0.15) is 0 Å². The van der Waals surface area contributed by atoms with Gasteiger partial charge in [0.2, 0.25) is 5.91 Å². The van der Waals surface area contributed by atoms with Gasteiger partial charge in [-0.05, 0) is 32.6 Å². The molecule has 6 nitrogen and oxygen atoms in total. The van der Waals surface area contributed by atoms with E-state index in [0.29, 0.717) is 12.1 Å². The lowest BCUT2D eigenvalue weighted by molar-refractivity contribution is -0.120. The highest BCUT2D eigenvalue weighted by atomic mass is 16.3. The van der Waals surface area contributed by atoms with E-state index in [1.165, 1.54) is 18.1 Å². The first-order valence-corrected chi connectivity index (χ1v) is 7.77. The summed E-state index contributed by atoms with van der Waals surface area (Å²) in [4.78, 5) is 25.8. The SMILES string of the molecule is Cc1ccc([C@@H](CNC(=O)CNC(=O)c2ccoc2)N(C)C)cc1. The molecule has 0 bridgehead atoms. The van der Waals surface area contributed by atoms with Crippen molar-refractivity contribution in [1.82, 2.24) is 15.5 Å². The molecule has 1 atom stereocenters. The van der Waals surface area contributed by atoms with Crippen LogP contribution < -0.4 is 10.6 Å². The molecule has 0 radical (unpaired) electrons. The monoisotopic (exact) mass is 329 g/mol. The van der Waals surface area contributed by atoms with Crippen LogP contribution >= 0.6 is 0 Å². The number of furan rings is 1. The highest BCUT2D eigenvalue weighted by molar-refractivity contribution is 5.96. The third-order valence-corrected chi connectivity index (χ3v) is 3.77. The number of rotatable bonds is 7. The van der Waals surface area contributed by atoms with Gasteiger partial charge in [0, 0.05) is 6.54 Å². The second-order valence-corrected chi connectivity index (χ2v) is 5.89. The van der Waals surface area contributed by atoms with Crippen molar-refractivity contribution in [2.24, 2.45) is 0 Å². The zero-order chi connectivity index (χ0) is 17.5. The highest BCUT2D eigenvalue weighted by Crippen LogP contribution is 2.17. The number of nitrogens with zero attached hydrogens (tertiary/aromatic N) is 1. The molecule has 6 heteroatoms. The third kappa shape index (κ3) is 4.96. The van der Waals surface area contributed by atoms with E-state index in [1.54, 1.807) is 6.07 Å². The molecule has 1 aromatic heterocycles. The Kier molecular flexibility index (Phi) is 6.14. The Morgan fingerprint density at radius 1 is 1.12 bits per heavy atom. The number of aryl methyl sites for hydroxylation is 1. The zero-order valence-electron chi connectivity index (χ0n) is 14.2. The van der Waals surface area contributed by atoms with Gasteiger partial charge in [-0.1, -0.05) is 29.8 Å². The number of hydrogen-bond acceptors (Lipinski definition) is 4. The number of carbonyl (C=O) groups is 2. The summed E-state index contributed by atoms with van der Waals surface area (Å²) in [6, 6.07) is 9.85. The van der Waals surface area contributed by atoms with Gasteiger partial charge < -0.3 is 20.0 Å². The Hall–Kier alpha value is -2.60. The largest absolute Gasteiger partial charge is 0.472 e. The van der Waals surface area contributed by atoms with Crippen LogP contribution in [0, 0.1) is 6.92 Å². The molecule has 2 N–H and O–H groups in total. The predicted molar refractivity (Wildman–Crippen MR) is 91.7 cm³/mol. The molecule has 0 aliphatic heterocycles. The molecule has 1 aromatic carbocycles. The maximum absolute atomic E-state index is 12.0. The Morgan fingerprint density at radius 2 is 1.83 bits per heavy atom. The van der Waals surface area contributed by atoms with Crippen LogP contribution in [0.5, 0.6) is 0 Å². The van der Waals surface area contributed by atoms with Gasteiger partial charge in [0.15, 0.2) is 0 Å². The van der Waals surface area contributed by atoms with E-state index < -0.39 is 0 Å². The van der Waals surface area contributed by atoms with Crippen LogP contribution in [0.3, 0.4) is 0 Å². The number of amides is 2. The van der Waals surface area contributed by atoms with Crippen molar-refractivity contribution in [3.63, 3.8) is 0 Å². The quantitative estimate of drug-likeness (QED) is 0.811. The fourth-order valence-corrected chi connectivity index (χ4v) is 2.32. The molecule has 0 spiro atoms. The minimum absolute atomic E-state index is 0.0686. The summed E-state index contributed by atoms with van der Waals surface area (Å²) in [5, 5.41) is 5.42. The zero-order valence-corrected chi connectivity index (χ0v) is 14.2. The minimum atomic E-state index is -0.332. The first-order chi connectivity index (χ1) is 11.5. The summed E-state index contributed by atoms with van der Waals surface area (Å²) < 4.78 is 4.84. The highest BCUT2D eigenvalue weighted by Gasteiger charge is 2.15. The second-order valence-electron chi connectivity index (χ2n) is 5.89. The Bertz CT molecular complexity index is 663. The Balaban J connectivity index is 1.84. The summed E-state index contributed by atoms with van der Waals surface area (Å²) in [7, 11) is 3.94. The van der Waals surface area contributed by atoms with Gasteiger partial charge in [-0.3, -0.25) is 9.59 Å². The first kappa shape index (κ1) is 17.7. The van der Waals surface area contributed by atoms with Gasteiger partial charge in [-0.25, -0.2) is 0 Å². The number of benzene rings is 1. The second kappa shape index (κ2) is 8.31. The van der Waals surface area contributed by atoms with E-state index in [2.05, 4.69) is 39.8 Å². The van der Waals surface area contributed by atoms with Gasteiger partial charge in [0.1, 0.15) is 6.26 Å². The summed E-state index contributed by atoms with van der Waals surface area (Å²) in [5.41, 5.74) is 2.73. The summed E-state index contributed by atoms with van der Waals surface area (Å²) >= 11 is 0. The molecule has 2 amide bonds. The molecule has 2 aromatic rings. The lowest BCUT2D eigenvalue weighted by atomic mass is 10.0. The number of likely N-dealkylation sites (N-methyl/N-ethyl adjacent to an activating group) is 1. The minimum Gasteiger partial charge on any atom is -0.472 e. The molecule has 0 aliphatic rings. The van der Waals surface area contributed by atoms with Crippen LogP contribution in [0.15, 0.2) is 47.3 Å². The molecule has 24 heavy (non-hydrogen) atoms. The van der Waals surface area contributed by atoms with Crippen molar-refractivity contribution >= 4 is 11.8 Å². The molecule has 0 saturated carbocycles. The predicted octanol–water partition coefficient (Wildman–Crippen LogP) is 1.74. The summed E-state index contributed by atoms with van der Waals surface area (Å²) in [5.74, 6) is -0.563. The molecule has 0 unspecified atom stereocenters. The Morgan fingerprint density at radius 3 is 2.42 bits per heavy atom. The van der Waals surface area contributed by atoms with Crippen molar-refractivity contribution in [1.29, 1.82) is 0 Å². The van der Waals surface area contributed by atoms with Crippen LogP contribution in [-0.2, 0) is 4.79 Å². The average molecular weight is 329 g/mol. The number of nitrogens with one attached hydrogen (secondary N) is 2. The van der Waals surface area contributed by atoms with Crippen molar-refractivity contribution in [3.05, 3.63) is 59.5 Å². The molecule has 0 aliphatic carbocycles. The molecule has 1 heterocycles.